The summed E-state index contributed by atoms with van der Waals surface area (Å²) in [6.45, 7) is 0. The molecule has 0 bridgehead atoms. The minimum absolute atomic E-state index is 0.0503. The van der Waals surface area contributed by atoms with E-state index in [1.807, 2.05) is 30.3 Å². The number of benzene rings is 2. The van der Waals surface area contributed by atoms with Gasteiger partial charge in [0, 0.05) is 33.6 Å². The largest absolute Gasteiger partial charge is 0.346 e. The second kappa shape index (κ2) is 7.99. The van der Waals surface area contributed by atoms with Gasteiger partial charge in [0.05, 0.1) is 5.69 Å². The molecule has 1 amide bonds. The highest BCUT2D eigenvalue weighted by Gasteiger charge is 2.30. The van der Waals surface area contributed by atoms with Crippen molar-refractivity contribution in [2.24, 2.45) is 5.92 Å². The molecule has 9 heteroatoms. The van der Waals surface area contributed by atoms with Crippen molar-refractivity contribution in [3.63, 3.8) is 0 Å². The van der Waals surface area contributed by atoms with Crippen LogP contribution in [-0.2, 0) is 4.79 Å². The standard InChI is InChI=1S/C22H17F2N5OS/c23-17-8-7-15(11-18(17)24)31-29-14-5-3-12(4-6-14)19-16-9-10-25-20(16)27-22(26-19)28-21(30)13-1-2-13/h3-11,13,29H,1-2H2,(H2,25,26,27,28,30). The molecule has 2 heterocycles. The molecule has 0 spiro atoms. The Morgan fingerprint density at radius 1 is 1.03 bits per heavy atom. The molecule has 2 aromatic carbocycles. The van der Waals surface area contributed by atoms with Crippen LogP contribution in [0.1, 0.15) is 12.8 Å². The molecule has 0 saturated heterocycles. The lowest BCUT2D eigenvalue weighted by molar-refractivity contribution is -0.117. The van der Waals surface area contributed by atoms with Gasteiger partial charge in [-0.15, -0.1) is 0 Å². The predicted molar refractivity (Wildman–Crippen MR) is 117 cm³/mol. The van der Waals surface area contributed by atoms with Gasteiger partial charge in [0.1, 0.15) is 5.65 Å². The summed E-state index contributed by atoms with van der Waals surface area (Å²) in [7, 11) is 0. The van der Waals surface area contributed by atoms with E-state index in [9.17, 15) is 13.6 Å². The summed E-state index contributed by atoms with van der Waals surface area (Å²) in [5.74, 6) is -1.47. The molecule has 2 aromatic heterocycles. The molecular weight excluding hydrogens is 420 g/mol. The molecule has 0 aliphatic heterocycles. The first-order valence-electron chi connectivity index (χ1n) is 9.71. The van der Waals surface area contributed by atoms with E-state index >= 15 is 0 Å². The molecule has 0 unspecified atom stereocenters. The van der Waals surface area contributed by atoms with Crippen LogP contribution < -0.4 is 10.0 Å². The number of aromatic nitrogens is 3. The maximum absolute atomic E-state index is 13.3. The summed E-state index contributed by atoms with van der Waals surface area (Å²) in [6, 6.07) is 13.2. The van der Waals surface area contributed by atoms with Crippen molar-refractivity contribution in [2.75, 3.05) is 10.0 Å². The molecule has 6 nitrogen and oxygen atoms in total. The van der Waals surface area contributed by atoms with Gasteiger partial charge >= 0.3 is 0 Å². The molecule has 5 rings (SSSR count). The number of nitrogens with zero attached hydrogens (tertiary/aromatic N) is 2. The Balaban J connectivity index is 1.36. The van der Waals surface area contributed by atoms with Crippen LogP contribution in [0.5, 0.6) is 0 Å². The highest BCUT2D eigenvalue weighted by atomic mass is 32.2. The van der Waals surface area contributed by atoms with Crippen LogP contribution in [0.25, 0.3) is 22.3 Å². The quantitative estimate of drug-likeness (QED) is 0.353. The van der Waals surface area contributed by atoms with Crippen molar-refractivity contribution in [2.45, 2.75) is 17.7 Å². The molecule has 156 valence electrons. The van der Waals surface area contributed by atoms with E-state index in [1.54, 1.807) is 6.20 Å². The molecular formula is C22H17F2N5OS. The van der Waals surface area contributed by atoms with Gasteiger partial charge in [-0.1, -0.05) is 12.1 Å². The number of carbonyl (C=O) groups is 1. The molecule has 31 heavy (non-hydrogen) atoms. The van der Waals surface area contributed by atoms with Crippen molar-refractivity contribution < 1.29 is 13.6 Å². The Kier molecular flexibility index (Phi) is 5.03. The van der Waals surface area contributed by atoms with Crippen molar-refractivity contribution in [1.82, 2.24) is 15.0 Å². The Labute approximate surface area is 180 Å². The van der Waals surface area contributed by atoms with E-state index in [2.05, 4.69) is 25.0 Å². The minimum atomic E-state index is -0.883. The van der Waals surface area contributed by atoms with Crippen LogP contribution >= 0.6 is 11.9 Å². The van der Waals surface area contributed by atoms with E-state index in [0.29, 0.717) is 16.2 Å². The van der Waals surface area contributed by atoms with Crippen molar-refractivity contribution in [3.05, 3.63) is 66.4 Å². The fourth-order valence-electron chi connectivity index (χ4n) is 3.13. The second-order valence-electron chi connectivity index (χ2n) is 7.26. The summed E-state index contributed by atoms with van der Waals surface area (Å²) in [4.78, 5) is 24.7. The number of hydrogen-bond donors (Lipinski definition) is 3. The molecule has 1 saturated carbocycles. The highest BCUT2D eigenvalue weighted by Crippen LogP contribution is 2.32. The lowest BCUT2D eigenvalue weighted by Crippen LogP contribution is -2.15. The molecule has 1 fully saturated rings. The molecule has 4 aromatic rings. The van der Waals surface area contributed by atoms with Crippen LogP contribution in [0, 0.1) is 17.6 Å². The third kappa shape index (κ3) is 4.22. The second-order valence-corrected chi connectivity index (χ2v) is 8.14. The van der Waals surface area contributed by atoms with Crippen molar-refractivity contribution >= 4 is 40.5 Å². The smallest absolute Gasteiger partial charge is 0.232 e. The fourth-order valence-corrected chi connectivity index (χ4v) is 3.80. The number of nitrogens with one attached hydrogen (secondary N) is 3. The van der Waals surface area contributed by atoms with E-state index < -0.39 is 11.6 Å². The van der Waals surface area contributed by atoms with Gasteiger partial charge in [-0.05, 0) is 61.2 Å². The zero-order valence-corrected chi connectivity index (χ0v) is 17.0. The van der Waals surface area contributed by atoms with Crippen LogP contribution in [-0.4, -0.2) is 20.9 Å². The number of rotatable bonds is 6. The van der Waals surface area contributed by atoms with Crippen LogP contribution in [0.15, 0.2) is 59.6 Å². The first kappa shape index (κ1) is 19.5. The number of carbonyl (C=O) groups excluding carboxylic acids is 1. The minimum Gasteiger partial charge on any atom is -0.346 e. The monoisotopic (exact) mass is 437 g/mol. The van der Waals surface area contributed by atoms with Gasteiger partial charge in [-0.2, -0.15) is 4.98 Å². The first-order valence-corrected chi connectivity index (χ1v) is 10.5. The summed E-state index contributed by atoms with van der Waals surface area (Å²) in [5.41, 5.74) is 3.00. The van der Waals surface area contributed by atoms with Crippen LogP contribution in [0.3, 0.4) is 0 Å². The number of halogens is 2. The predicted octanol–water partition coefficient (Wildman–Crippen LogP) is 5.37. The topological polar surface area (TPSA) is 82.7 Å². The van der Waals surface area contributed by atoms with Gasteiger partial charge in [-0.3, -0.25) is 10.1 Å². The number of hydrogen-bond acceptors (Lipinski definition) is 5. The maximum atomic E-state index is 13.3. The van der Waals surface area contributed by atoms with Crippen molar-refractivity contribution in [1.29, 1.82) is 0 Å². The van der Waals surface area contributed by atoms with Gasteiger partial charge in [0.15, 0.2) is 11.6 Å². The number of fused-ring (bicyclic) bond motifs is 1. The number of H-pyrrole nitrogens is 1. The van der Waals surface area contributed by atoms with Gasteiger partial charge in [0.25, 0.3) is 0 Å². The summed E-state index contributed by atoms with van der Waals surface area (Å²) in [6.07, 6.45) is 3.59. The third-order valence-corrected chi connectivity index (χ3v) is 5.76. The highest BCUT2D eigenvalue weighted by molar-refractivity contribution is 8.00. The van der Waals surface area contributed by atoms with E-state index in [1.165, 1.54) is 18.0 Å². The van der Waals surface area contributed by atoms with E-state index in [0.717, 1.165) is 41.6 Å². The normalized spacial score (nSPS) is 13.4. The molecule has 0 radical (unpaired) electrons. The number of amides is 1. The first-order chi connectivity index (χ1) is 15.1. The zero-order chi connectivity index (χ0) is 21.4. The van der Waals surface area contributed by atoms with Crippen molar-refractivity contribution in [3.8, 4) is 11.3 Å². The third-order valence-electron chi connectivity index (χ3n) is 4.93. The number of anilines is 2. The molecule has 0 atom stereocenters. The Hall–Kier alpha value is -3.46. The Morgan fingerprint density at radius 2 is 1.84 bits per heavy atom. The van der Waals surface area contributed by atoms with E-state index in [4.69, 9.17) is 0 Å². The number of aromatic amines is 1. The van der Waals surface area contributed by atoms with Gasteiger partial charge in [-0.25, -0.2) is 13.8 Å². The van der Waals surface area contributed by atoms with E-state index in [-0.39, 0.29) is 17.8 Å². The van der Waals surface area contributed by atoms with Crippen LogP contribution in [0.2, 0.25) is 0 Å². The summed E-state index contributed by atoms with van der Waals surface area (Å²) >= 11 is 1.19. The molecule has 1 aliphatic rings. The average Bonchev–Trinajstić information content (AvgIpc) is 3.52. The molecule has 1 aliphatic carbocycles. The summed E-state index contributed by atoms with van der Waals surface area (Å²) in [5, 5.41) is 3.65. The zero-order valence-electron chi connectivity index (χ0n) is 16.2. The average molecular weight is 437 g/mol. The Morgan fingerprint density at radius 3 is 2.58 bits per heavy atom. The fraction of sp³-hybridized carbons (Fsp3) is 0.136. The molecule has 3 N–H and O–H groups in total. The lowest BCUT2D eigenvalue weighted by atomic mass is 10.1. The Bertz CT molecular complexity index is 1270. The summed E-state index contributed by atoms with van der Waals surface area (Å²) < 4.78 is 29.5. The van der Waals surface area contributed by atoms with Gasteiger partial charge < -0.3 is 9.71 Å². The van der Waals surface area contributed by atoms with Gasteiger partial charge in [0.2, 0.25) is 11.9 Å². The SMILES string of the molecule is O=C(Nc1nc(-c2ccc(NSc3ccc(F)c(F)c3)cc2)c2cc[nH]c2n1)C1CC1. The van der Waals surface area contributed by atoms with Crippen LogP contribution in [0.4, 0.5) is 20.4 Å². The maximum Gasteiger partial charge on any atom is 0.232 e. The lowest BCUT2D eigenvalue weighted by Gasteiger charge is -2.09.